The van der Waals surface area contributed by atoms with Crippen molar-refractivity contribution in [3.63, 3.8) is 0 Å². The number of fused-ring (bicyclic) bond motifs is 2. The summed E-state index contributed by atoms with van der Waals surface area (Å²) >= 11 is 0. The molecule has 1 saturated heterocycles. The molecule has 1 aliphatic rings. The molecule has 4 aromatic carbocycles. The number of rotatable bonds is 30. The van der Waals surface area contributed by atoms with Gasteiger partial charge in [-0.05, 0) is 104 Å². The van der Waals surface area contributed by atoms with E-state index in [0.29, 0.717) is 42.1 Å². The summed E-state index contributed by atoms with van der Waals surface area (Å²) in [6.07, 6.45) is 3.77. The third-order valence-corrected chi connectivity index (χ3v) is 15.5. The number of H-pyrrole nitrogens is 2. The zero-order valence-electron chi connectivity index (χ0n) is 49.7. The van der Waals surface area contributed by atoms with Crippen LogP contribution >= 0.6 is 0 Å². The number of carbonyl (C=O) groups excluding carboxylic acids is 8. The molecule has 0 bridgehead atoms. The monoisotopic (exact) mass is 1220 g/mol. The number of phenolic OH excluding ortho intramolecular Hbond substituents is 1. The molecule has 3 heterocycles. The Bertz CT molecular complexity index is 3460. The van der Waals surface area contributed by atoms with Crippen molar-refractivity contribution in [2.75, 3.05) is 33.3 Å². The molecule has 0 radical (unpaired) electrons. The molecule has 23 nitrogen and oxygen atoms in total. The minimum Gasteiger partial charge on any atom is -0.508 e. The van der Waals surface area contributed by atoms with Gasteiger partial charge in [-0.2, -0.15) is 0 Å². The number of hydrogen-bond donors (Lipinski definition) is 12. The van der Waals surface area contributed by atoms with Crippen molar-refractivity contribution in [2.45, 2.75) is 127 Å². The number of aryl methyl sites for hydroxylation is 1. The van der Waals surface area contributed by atoms with Crippen molar-refractivity contribution in [2.24, 2.45) is 22.4 Å². The first-order valence-electron chi connectivity index (χ1n) is 29.5. The summed E-state index contributed by atoms with van der Waals surface area (Å²) < 4.78 is 28.3. The lowest BCUT2D eigenvalue weighted by molar-refractivity contribution is -0.144. The summed E-state index contributed by atoms with van der Waals surface area (Å²) in [6, 6.07) is 14.0. The Hall–Kier alpha value is -9.39. The van der Waals surface area contributed by atoms with Crippen LogP contribution in [0.5, 0.6) is 5.75 Å². The van der Waals surface area contributed by atoms with Crippen molar-refractivity contribution >= 4 is 75.0 Å². The molecule has 7 atom stereocenters. The van der Waals surface area contributed by atoms with Gasteiger partial charge in [-0.3, -0.25) is 43.3 Å². The molecule has 0 unspecified atom stereocenters. The number of benzene rings is 4. The van der Waals surface area contributed by atoms with Gasteiger partial charge in [0.15, 0.2) is 5.96 Å². The lowest BCUT2D eigenvalue weighted by atomic mass is 9.99. The number of aliphatic imine (C=N–C) groups is 1. The van der Waals surface area contributed by atoms with Gasteiger partial charge in [0, 0.05) is 92.6 Å². The zero-order chi connectivity index (χ0) is 63.6. The number of likely N-dealkylation sites (N-methyl/N-ethyl adjacent to an activating group) is 2. The zero-order valence-corrected chi connectivity index (χ0v) is 49.7. The molecule has 0 aliphatic carbocycles. The lowest BCUT2D eigenvalue weighted by Crippen LogP contribution is -2.61. The topological polar surface area (TPSA) is 352 Å². The van der Waals surface area contributed by atoms with Gasteiger partial charge < -0.3 is 73.3 Å². The number of aromatic nitrogens is 2. The summed E-state index contributed by atoms with van der Waals surface area (Å²) in [6.45, 7) is 5.20. The highest BCUT2D eigenvalue weighted by Crippen LogP contribution is 2.24. The lowest BCUT2D eigenvalue weighted by Gasteiger charge is -2.32. The van der Waals surface area contributed by atoms with Crippen LogP contribution in [-0.2, 0) is 64.0 Å². The molecule has 2 aromatic heterocycles. The summed E-state index contributed by atoms with van der Waals surface area (Å²) in [5.41, 5.74) is 14.3. The highest BCUT2D eigenvalue weighted by molar-refractivity contribution is 5.99. The van der Waals surface area contributed by atoms with Crippen LogP contribution in [0.3, 0.4) is 0 Å². The van der Waals surface area contributed by atoms with Gasteiger partial charge in [0.05, 0.1) is 6.61 Å². The SMILES string of the molecule is CCNC(=O)[C@H]1CCCN1C(=O)[C@H](CCCN=C(N)N)NC(=O)[C@H](CC(C)C)NC(=O)[C@@H](Cc1c[nH]c2ccccc12)NC(=O)[C@H](Cc1ccc(O)cc1)N(C)C(=O)[C@H](CO)NC(=O)[C@H](Cc1c[nH]c2ccccc12)NC(=O)CCc1ccc(F)cc1F. The number of likely N-dealkylation sites (tertiary alicyclic amines) is 1. The molecule has 1 fully saturated rings. The predicted molar refractivity (Wildman–Crippen MR) is 327 cm³/mol. The minimum atomic E-state index is -1.73. The van der Waals surface area contributed by atoms with E-state index < -0.39 is 102 Å². The Kier molecular flexibility index (Phi) is 23.5. The van der Waals surface area contributed by atoms with Crippen LogP contribution in [0.25, 0.3) is 21.8 Å². The number of phenols is 1. The number of halogens is 2. The molecule has 0 spiro atoms. The Labute approximate surface area is 508 Å². The molecular formula is C63H79F2N13O10. The predicted octanol–water partition coefficient (Wildman–Crippen LogP) is 2.76. The van der Waals surface area contributed by atoms with Gasteiger partial charge in [0.1, 0.15) is 59.7 Å². The Morgan fingerprint density at radius 1 is 0.727 bits per heavy atom. The number of amides is 8. The molecule has 25 heteroatoms. The molecule has 88 heavy (non-hydrogen) atoms. The number of nitrogens with two attached hydrogens (primary N) is 2. The van der Waals surface area contributed by atoms with Gasteiger partial charge in [-0.25, -0.2) is 8.78 Å². The van der Waals surface area contributed by atoms with Crippen LogP contribution in [0.15, 0.2) is 108 Å². The highest BCUT2D eigenvalue weighted by Gasteiger charge is 2.40. The van der Waals surface area contributed by atoms with Crippen molar-refractivity contribution < 1.29 is 57.4 Å². The Morgan fingerprint density at radius 3 is 1.90 bits per heavy atom. The number of aliphatic hydroxyl groups excluding tert-OH is 1. The molecular weight excluding hydrogens is 1140 g/mol. The van der Waals surface area contributed by atoms with Gasteiger partial charge in [0.25, 0.3) is 0 Å². The van der Waals surface area contributed by atoms with Crippen LogP contribution in [0, 0.1) is 17.6 Å². The number of aromatic hydroxyl groups is 1. The molecule has 6 aromatic rings. The van der Waals surface area contributed by atoms with E-state index in [4.69, 9.17) is 11.5 Å². The van der Waals surface area contributed by atoms with Gasteiger partial charge in [-0.15, -0.1) is 0 Å². The molecule has 0 saturated carbocycles. The highest BCUT2D eigenvalue weighted by atomic mass is 19.1. The number of aromatic amines is 2. The summed E-state index contributed by atoms with van der Waals surface area (Å²) in [5, 5.41) is 39.1. The number of nitrogens with zero attached hydrogens (tertiary/aromatic N) is 3. The second-order valence-corrected chi connectivity index (χ2v) is 22.4. The molecule has 1 aliphatic heterocycles. The molecule has 8 amide bonds. The quantitative estimate of drug-likeness (QED) is 0.0176. The standard InChI is InChI=1S/C63H79F2N13O10/c1-5-68-59(85)53-17-11-27-78(53)62(88)48(16-10-26-69-63(66)67)73-56(82)49(28-36(2)3)74-58(84)51(31-40-34-71-47-15-9-7-13-44(40)47)75-60(86)54(29-37-18-23-42(80)24-19-37)77(4)61(87)52(35-79)76-57(83)50(30-39-33-70-46-14-8-6-12-43(39)46)72-55(81)25-21-38-20-22-41(64)32-45(38)65/h6-9,12-15,18-20,22-24,32-34,36,48-54,70-71,79-80H,5,10-11,16-17,21,25-31,35H2,1-4H3,(H,68,85)(H,72,81)(H,73,82)(H,74,84)(H,75,86)(H,76,83)(H4,66,67,69)/t48-,49-,50-,51+,52-,53+,54-/m0/s1. The van der Waals surface area contributed by atoms with E-state index >= 15 is 9.59 Å². The van der Waals surface area contributed by atoms with E-state index in [1.165, 1.54) is 42.3 Å². The molecule has 470 valence electrons. The van der Waals surface area contributed by atoms with Crippen molar-refractivity contribution in [3.05, 3.63) is 137 Å². The van der Waals surface area contributed by atoms with E-state index in [-0.39, 0.29) is 93.6 Å². The van der Waals surface area contributed by atoms with Crippen molar-refractivity contribution in [1.29, 1.82) is 0 Å². The Balaban J connectivity index is 1.16. The first kappa shape index (κ1) is 66.1. The van der Waals surface area contributed by atoms with Crippen LogP contribution < -0.4 is 43.4 Å². The van der Waals surface area contributed by atoms with Crippen molar-refractivity contribution in [3.8, 4) is 5.75 Å². The van der Waals surface area contributed by atoms with Gasteiger partial charge in [-0.1, -0.05) is 68.4 Å². The number of guanidine groups is 1. The van der Waals surface area contributed by atoms with Crippen LogP contribution in [0.2, 0.25) is 0 Å². The van der Waals surface area contributed by atoms with Gasteiger partial charge >= 0.3 is 0 Å². The Morgan fingerprint density at radius 2 is 1.31 bits per heavy atom. The largest absolute Gasteiger partial charge is 0.508 e. The second kappa shape index (κ2) is 31.3. The first-order valence-corrected chi connectivity index (χ1v) is 29.5. The summed E-state index contributed by atoms with van der Waals surface area (Å²) in [7, 11) is 1.27. The smallest absolute Gasteiger partial charge is 0.247 e. The maximum atomic E-state index is 15.2. The van der Waals surface area contributed by atoms with Crippen LogP contribution in [0.1, 0.15) is 81.5 Å². The number of nitrogens with one attached hydrogen (secondary N) is 8. The normalized spacial score (nSPS) is 15.1. The third kappa shape index (κ3) is 17.9. The van der Waals surface area contributed by atoms with Gasteiger partial charge in [0.2, 0.25) is 47.3 Å². The maximum absolute atomic E-state index is 15.2. The van der Waals surface area contributed by atoms with E-state index in [2.05, 4.69) is 46.9 Å². The molecule has 14 N–H and O–H groups in total. The number of carbonyl (C=O) groups is 8. The van der Waals surface area contributed by atoms with Crippen LogP contribution in [0.4, 0.5) is 8.78 Å². The maximum Gasteiger partial charge on any atom is 0.247 e. The fourth-order valence-electron chi connectivity index (χ4n) is 10.9. The fraction of sp³-hybridized carbons (Fsp3) is 0.413. The number of hydrogen-bond acceptors (Lipinski definition) is 11. The van der Waals surface area contributed by atoms with Crippen molar-refractivity contribution in [1.82, 2.24) is 51.7 Å². The average molecular weight is 1220 g/mol. The van der Waals surface area contributed by atoms with Crippen LogP contribution in [-0.4, -0.2) is 159 Å². The fourth-order valence-corrected chi connectivity index (χ4v) is 10.9. The summed E-state index contributed by atoms with van der Waals surface area (Å²) in [5.74, 6) is -7.87. The number of para-hydroxylation sites is 2. The van der Waals surface area contributed by atoms with E-state index in [0.717, 1.165) is 32.8 Å². The second-order valence-electron chi connectivity index (χ2n) is 22.4. The van der Waals surface area contributed by atoms with E-state index in [1.807, 2.05) is 50.2 Å². The third-order valence-electron chi connectivity index (χ3n) is 15.5. The number of aliphatic hydroxyl groups is 1. The van der Waals surface area contributed by atoms with E-state index in [1.54, 1.807) is 31.5 Å². The van der Waals surface area contributed by atoms with E-state index in [9.17, 15) is 47.8 Å². The molecule has 7 rings (SSSR count). The minimum absolute atomic E-state index is 0.0662. The first-order chi connectivity index (χ1) is 42.1. The summed E-state index contributed by atoms with van der Waals surface area (Å²) in [4.78, 5) is 128. The average Bonchev–Trinajstić information content (AvgIpc) is 2.89.